The quantitative estimate of drug-likeness (QED) is 0.589. The van der Waals surface area contributed by atoms with Gasteiger partial charge in [-0.05, 0) is 59.7 Å². The third-order valence-corrected chi connectivity index (χ3v) is 7.10. The van der Waals surface area contributed by atoms with E-state index in [0.29, 0.717) is 23.9 Å². The molecule has 0 aromatic heterocycles. The fourth-order valence-electron chi connectivity index (χ4n) is 5.47. The van der Waals surface area contributed by atoms with Crippen LogP contribution in [0.1, 0.15) is 34.9 Å². The number of nitrogens with one attached hydrogen (secondary N) is 1. The summed E-state index contributed by atoms with van der Waals surface area (Å²) in [6, 6.07) is 16.5. The summed E-state index contributed by atoms with van der Waals surface area (Å²) in [5, 5.41) is 20.4. The third kappa shape index (κ3) is 4.70. The highest BCUT2D eigenvalue weighted by molar-refractivity contribution is 5.94. The Morgan fingerprint density at radius 1 is 1.15 bits per heavy atom. The molecule has 0 amide bonds. The molecule has 170 valence electrons. The number of allylic oxidation sites excluding steroid dienone is 3. The summed E-state index contributed by atoms with van der Waals surface area (Å²) >= 11 is 0. The number of aryl methyl sites for hydroxylation is 1. The summed E-state index contributed by atoms with van der Waals surface area (Å²) in [6.07, 6.45) is 10.4. The van der Waals surface area contributed by atoms with Gasteiger partial charge in [-0.3, -0.25) is 14.6 Å². The molecule has 3 aliphatic rings. The van der Waals surface area contributed by atoms with Crippen LogP contribution < -0.4 is 5.32 Å². The van der Waals surface area contributed by atoms with Crippen LogP contribution in [-0.4, -0.2) is 42.0 Å². The maximum atomic E-state index is 12.6. The number of nitrogens with two attached hydrogens (primary N) is 1. The minimum absolute atomic E-state index is 0.148. The summed E-state index contributed by atoms with van der Waals surface area (Å²) < 4.78 is 12.6. The lowest BCUT2D eigenvalue weighted by molar-refractivity contribution is -0.531. The van der Waals surface area contributed by atoms with Gasteiger partial charge in [0.1, 0.15) is 17.6 Å². The molecule has 2 aromatic carbocycles. The Morgan fingerprint density at radius 3 is 2.70 bits per heavy atom. The summed E-state index contributed by atoms with van der Waals surface area (Å²) in [5.74, 6) is 1.08. The highest BCUT2D eigenvalue weighted by Gasteiger charge is 2.34. The number of phenolic OH excluding ortho intramolecular Hbond substituents is 1. The molecule has 1 aliphatic carbocycles. The van der Waals surface area contributed by atoms with Crippen LogP contribution in [0.15, 0.2) is 84.2 Å². The van der Waals surface area contributed by atoms with E-state index in [2.05, 4.69) is 65.0 Å². The van der Waals surface area contributed by atoms with E-state index in [-0.39, 0.29) is 18.5 Å². The van der Waals surface area contributed by atoms with Gasteiger partial charge in [0, 0.05) is 43.1 Å². The van der Waals surface area contributed by atoms with Crippen molar-refractivity contribution < 1.29 is 14.8 Å². The molecule has 0 bridgehead atoms. The second-order valence-corrected chi connectivity index (χ2v) is 9.47. The molecule has 4 nitrogen and oxygen atoms in total. The first kappa shape index (κ1) is 21.8. The Hall–Kier alpha value is -3.02. The highest BCUT2D eigenvalue weighted by atomic mass is 19.1. The van der Waals surface area contributed by atoms with E-state index in [9.17, 15) is 9.50 Å². The van der Waals surface area contributed by atoms with Crippen molar-refractivity contribution in [2.45, 2.75) is 24.7 Å². The molecular weight excluding hydrogens is 413 g/mol. The Bertz CT molecular complexity index is 1120. The average molecular weight is 445 g/mol. The molecule has 2 aromatic rings. The predicted molar refractivity (Wildman–Crippen MR) is 129 cm³/mol. The van der Waals surface area contributed by atoms with Crippen molar-refractivity contribution in [1.82, 2.24) is 4.90 Å². The number of rotatable bonds is 6. The predicted octanol–water partition coefficient (Wildman–Crippen LogP) is 4.03. The van der Waals surface area contributed by atoms with Gasteiger partial charge in [0.2, 0.25) is 0 Å². The third-order valence-electron chi connectivity index (χ3n) is 7.10. The molecule has 5 rings (SSSR count). The van der Waals surface area contributed by atoms with Crippen LogP contribution in [-0.2, 0) is 6.42 Å². The number of likely N-dealkylation sites (tertiary alicyclic amines) is 1. The van der Waals surface area contributed by atoms with Gasteiger partial charge in [0.25, 0.3) is 0 Å². The molecule has 2 heterocycles. The number of hydrogen-bond acceptors (Lipinski definition) is 3. The number of quaternary nitrogens is 1. The molecule has 0 spiro atoms. The molecule has 2 unspecified atom stereocenters. The van der Waals surface area contributed by atoms with E-state index in [1.165, 1.54) is 22.3 Å². The van der Waals surface area contributed by atoms with E-state index in [4.69, 9.17) is 5.41 Å². The summed E-state index contributed by atoms with van der Waals surface area (Å²) in [5.41, 5.74) is 6.70. The zero-order chi connectivity index (χ0) is 22.8. The normalized spacial score (nSPS) is 24.3. The zero-order valence-electron chi connectivity index (χ0n) is 18.8. The van der Waals surface area contributed by atoms with Gasteiger partial charge < -0.3 is 10.5 Å². The van der Waals surface area contributed by atoms with E-state index < -0.39 is 0 Å². The summed E-state index contributed by atoms with van der Waals surface area (Å²) in [4.78, 5) is 2.12. The molecule has 0 saturated carbocycles. The van der Waals surface area contributed by atoms with Gasteiger partial charge in [0.15, 0.2) is 0 Å². The van der Waals surface area contributed by atoms with Crippen molar-refractivity contribution in [3.8, 4) is 5.75 Å². The van der Waals surface area contributed by atoms with Crippen LogP contribution in [0.25, 0.3) is 0 Å². The first-order valence-electron chi connectivity index (χ1n) is 11.8. The van der Waals surface area contributed by atoms with Crippen molar-refractivity contribution in [3.05, 3.63) is 101 Å². The Balaban J connectivity index is 1.35. The molecular formula is C28H31FN3O+. The van der Waals surface area contributed by atoms with Crippen molar-refractivity contribution in [2.24, 2.45) is 5.92 Å². The number of fused-ring (bicyclic) bond motifs is 1. The van der Waals surface area contributed by atoms with Gasteiger partial charge in [-0.1, -0.05) is 36.4 Å². The van der Waals surface area contributed by atoms with E-state index >= 15 is 0 Å². The molecule has 1 saturated heterocycles. The van der Waals surface area contributed by atoms with Crippen LogP contribution in [0.3, 0.4) is 0 Å². The highest BCUT2D eigenvalue weighted by Crippen LogP contribution is 2.47. The number of nitrogens with zero attached hydrogens (tertiary/aromatic N) is 1. The zero-order valence-corrected chi connectivity index (χ0v) is 18.8. The van der Waals surface area contributed by atoms with Crippen molar-refractivity contribution in [2.75, 3.05) is 26.3 Å². The lowest BCUT2D eigenvalue weighted by Crippen LogP contribution is -2.76. The summed E-state index contributed by atoms with van der Waals surface area (Å²) in [6.45, 7) is 1.82. The Kier molecular flexibility index (Phi) is 6.25. The minimum Gasteiger partial charge on any atom is -0.508 e. The number of aromatic hydroxyl groups is 1. The fraction of sp³-hybridized carbons (Fsp3) is 0.321. The molecule has 5 heteroatoms. The lowest BCUT2D eigenvalue weighted by Gasteiger charge is -2.37. The fourth-order valence-corrected chi connectivity index (χ4v) is 5.47. The number of benzene rings is 2. The first-order chi connectivity index (χ1) is 16.1. The van der Waals surface area contributed by atoms with Gasteiger partial charge >= 0.3 is 0 Å². The monoisotopic (exact) mass is 444 g/mol. The minimum atomic E-state index is -0.261. The SMILES string of the molecule is N=C(/C=C1/C=CC(C2c3ccc(O)cc3CCC2c2ccccc2)=C[NH2+]1)CN1CC(CF)C1. The second-order valence-electron chi connectivity index (χ2n) is 9.47. The maximum Gasteiger partial charge on any atom is 0.135 e. The van der Waals surface area contributed by atoms with Crippen LogP contribution >= 0.6 is 0 Å². The molecule has 4 N–H and O–H groups in total. The molecule has 33 heavy (non-hydrogen) atoms. The number of alkyl halides is 1. The molecule has 2 aliphatic heterocycles. The van der Waals surface area contributed by atoms with E-state index in [1.54, 1.807) is 6.07 Å². The number of hydrogen-bond donors (Lipinski definition) is 3. The van der Waals surface area contributed by atoms with Crippen molar-refractivity contribution in [1.29, 1.82) is 5.41 Å². The van der Waals surface area contributed by atoms with Gasteiger partial charge in [-0.25, -0.2) is 0 Å². The number of phenols is 1. The van der Waals surface area contributed by atoms with E-state index in [1.807, 2.05) is 12.1 Å². The largest absolute Gasteiger partial charge is 0.508 e. The van der Waals surface area contributed by atoms with Crippen molar-refractivity contribution >= 4 is 5.71 Å². The van der Waals surface area contributed by atoms with Gasteiger partial charge in [0.05, 0.1) is 12.4 Å². The molecule has 1 fully saturated rings. The number of halogens is 1. The Morgan fingerprint density at radius 2 is 1.97 bits per heavy atom. The van der Waals surface area contributed by atoms with Crippen LogP contribution in [0, 0.1) is 11.3 Å². The smallest absolute Gasteiger partial charge is 0.135 e. The van der Waals surface area contributed by atoms with Crippen LogP contribution in [0.5, 0.6) is 5.75 Å². The first-order valence-corrected chi connectivity index (χ1v) is 11.8. The van der Waals surface area contributed by atoms with E-state index in [0.717, 1.165) is 31.6 Å². The summed E-state index contributed by atoms with van der Waals surface area (Å²) in [7, 11) is 0. The Labute approximate surface area is 194 Å². The van der Waals surface area contributed by atoms with Crippen molar-refractivity contribution in [3.63, 3.8) is 0 Å². The van der Waals surface area contributed by atoms with Gasteiger partial charge in [-0.15, -0.1) is 0 Å². The molecule has 0 radical (unpaired) electrons. The van der Waals surface area contributed by atoms with Crippen LogP contribution in [0.2, 0.25) is 0 Å². The lowest BCUT2D eigenvalue weighted by atomic mass is 9.69. The van der Waals surface area contributed by atoms with Crippen LogP contribution in [0.4, 0.5) is 4.39 Å². The standard InChI is InChI=1S/C28H30FN3O/c29-14-19-16-32(17-19)18-23(30)13-24-8-6-22(15-31-24)28-26(20-4-2-1-3-5-20)10-7-21-12-25(33)9-11-27(21)28/h1-6,8-9,11-13,15,19,26,28,30-31,33H,7,10,14,16-18H2/p+1/b24-13-,30-23?. The second kappa shape index (κ2) is 9.46. The molecule has 2 atom stereocenters. The topological polar surface area (TPSA) is 63.9 Å². The maximum absolute atomic E-state index is 12.6. The van der Waals surface area contributed by atoms with Gasteiger partial charge in [-0.2, -0.15) is 0 Å². The average Bonchev–Trinajstić information content (AvgIpc) is 2.81.